The van der Waals surface area contributed by atoms with Crippen LogP contribution in [0.5, 0.6) is 0 Å². The fraction of sp³-hybridized carbons (Fsp3) is 0.421. The van der Waals surface area contributed by atoms with Crippen molar-refractivity contribution in [3.63, 3.8) is 0 Å². The minimum Gasteiger partial charge on any atom is -0.468 e. The van der Waals surface area contributed by atoms with Crippen LogP contribution in [0.1, 0.15) is 43.0 Å². The molecule has 0 unspecified atom stereocenters. The van der Waals surface area contributed by atoms with Gasteiger partial charge < -0.3 is 15.4 Å². The third-order valence-corrected chi connectivity index (χ3v) is 4.26. The Morgan fingerprint density at radius 2 is 1.96 bits per heavy atom. The topological polar surface area (TPSA) is 84.5 Å². The number of rotatable bonds is 5. The Morgan fingerprint density at radius 1 is 1.24 bits per heavy atom. The molecule has 0 aliphatic heterocycles. The van der Waals surface area contributed by atoms with Crippen molar-refractivity contribution in [2.75, 3.05) is 19.0 Å². The molecule has 0 saturated heterocycles. The lowest BCUT2D eigenvalue weighted by Gasteiger charge is -2.19. The second-order valence-electron chi connectivity index (χ2n) is 6.31. The number of amides is 2. The normalized spacial score (nSPS) is 16.7. The molecule has 1 aromatic carbocycles. The minimum atomic E-state index is -0.522. The highest BCUT2D eigenvalue weighted by Crippen LogP contribution is 2.27. The molecule has 25 heavy (non-hydrogen) atoms. The van der Waals surface area contributed by atoms with Gasteiger partial charge in [-0.2, -0.15) is 0 Å². The highest BCUT2D eigenvalue weighted by molar-refractivity contribution is 6.01. The standard InChI is InChI=1S/C19H24N2O4/c1-13-6-8-14(9-7-13)10-17(22)21-16-5-3-4-15(11-16)19(24)20-12-18(23)25-2/h3-5,10-11,13H,6-9,12H2,1-2H3,(H,20,24)(H,21,22). The summed E-state index contributed by atoms with van der Waals surface area (Å²) in [6.07, 6.45) is 5.83. The lowest BCUT2D eigenvalue weighted by molar-refractivity contribution is -0.139. The second-order valence-corrected chi connectivity index (χ2v) is 6.31. The summed E-state index contributed by atoms with van der Waals surface area (Å²) < 4.78 is 4.47. The van der Waals surface area contributed by atoms with E-state index in [2.05, 4.69) is 22.3 Å². The van der Waals surface area contributed by atoms with Crippen molar-refractivity contribution in [2.24, 2.45) is 5.92 Å². The monoisotopic (exact) mass is 344 g/mol. The van der Waals surface area contributed by atoms with Crippen molar-refractivity contribution in [3.05, 3.63) is 41.5 Å². The summed E-state index contributed by atoms with van der Waals surface area (Å²) in [6.45, 7) is 2.03. The van der Waals surface area contributed by atoms with Crippen LogP contribution in [0.15, 0.2) is 35.9 Å². The number of nitrogens with one attached hydrogen (secondary N) is 2. The summed E-state index contributed by atoms with van der Waals surface area (Å²) in [6, 6.07) is 6.59. The van der Waals surface area contributed by atoms with E-state index in [-0.39, 0.29) is 12.5 Å². The molecule has 1 aliphatic carbocycles. The van der Waals surface area contributed by atoms with Crippen molar-refractivity contribution in [3.8, 4) is 0 Å². The Labute approximate surface area is 147 Å². The van der Waals surface area contributed by atoms with Crippen LogP contribution in [0.25, 0.3) is 0 Å². The van der Waals surface area contributed by atoms with Gasteiger partial charge in [0, 0.05) is 17.3 Å². The zero-order valence-electron chi connectivity index (χ0n) is 14.6. The van der Waals surface area contributed by atoms with Gasteiger partial charge in [0.2, 0.25) is 5.91 Å². The Hall–Kier alpha value is -2.63. The molecule has 0 spiro atoms. The fourth-order valence-electron chi connectivity index (χ4n) is 2.71. The van der Waals surface area contributed by atoms with Gasteiger partial charge in [0.1, 0.15) is 6.54 Å². The summed E-state index contributed by atoms with van der Waals surface area (Å²) in [5.74, 6) is -0.385. The van der Waals surface area contributed by atoms with Gasteiger partial charge in [0.05, 0.1) is 7.11 Å². The third kappa shape index (κ3) is 6.06. The van der Waals surface area contributed by atoms with Crippen LogP contribution >= 0.6 is 0 Å². The van der Waals surface area contributed by atoms with E-state index in [9.17, 15) is 14.4 Å². The number of hydrogen-bond acceptors (Lipinski definition) is 4. The van der Waals surface area contributed by atoms with Gasteiger partial charge in [-0.15, -0.1) is 0 Å². The molecule has 0 radical (unpaired) electrons. The minimum absolute atomic E-state index is 0.184. The van der Waals surface area contributed by atoms with Gasteiger partial charge >= 0.3 is 5.97 Å². The first-order valence-corrected chi connectivity index (χ1v) is 8.43. The number of benzene rings is 1. The lowest BCUT2D eigenvalue weighted by atomic mass is 9.87. The van der Waals surface area contributed by atoms with Gasteiger partial charge in [0.15, 0.2) is 0 Å². The van der Waals surface area contributed by atoms with Gasteiger partial charge in [-0.05, 0) is 49.8 Å². The zero-order chi connectivity index (χ0) is 18.2. The number of hydrogen-bond donors (Lipinski definition) is 2. The van der Waals surface area contributed by atoms with Crippen LogP contribution in [0, 0.1) is 5.92 Å². The van der Waals surface area contributed by atoms with Crippen LogP contribution in [0.4, 0.5) is 5.69 Å². The van der Waals surface area contributed by atoms with Crippen molar-refractivity contribution in [1.29, 1.82) is 0 Å². The van der Waals surface area contributed by atoms with Crippen molar-refractivity contribution in [1.82, 2.24) is 5.32 Å². The molecular weight excluding hydrogens is 320 g/mol. The van der Waals surface area contributed by atoms with E-state index >= 15 is 0 Å². The molecule has 2 amide bonds. The van der Waals surface area contributed by atoms with E-state index in [0.29, 0.717) is 11.3 Å². The van der Waals surface area contributed by atoms with Crippen LogP contribution < -0.4 is 10.6 Å². The van der Waals surface area contributed by atoms with E-state index in [1.165, 1.54) is 12.7 Å². The molecule has 6 nitrogen and oxygen atoms in total. The molecule has 6 heteroatoms. The molecule has 1 saturated carbocycles. The molecule has 134 valence electrons. The second kappa shape index (κ2) is 9.01. The molecule has 2 N–H and O–H groups in total. The Kier molecular flexibility index (Phi) is 6.74. The smallest absolute Gasteiger partial charge is 0.325 e. The Morgan fingerprint density at radius 3 is 2.64 bits per heavy atom. The number of anilines is 1. The number of carbonyl (C=O) groups excluding carboxylic acids is 3. The van der Waals surface area contributed by atoms with Crippen molar-refractivity contribution >= 4 is 23.5 Å². The summed E-state index contributed by atoms with van der Waals surface area (Å²) in [5.41, 5.74) is 2.07. The molecule has 2 rings (SSSR count). The van der Waals surface area contributed by atoms with E-state index in [1.54, 1.807) is 30.3 Å². The highest BCUT2D eigenvalue weighted by Gasteiger charge is 2.14. The Bertz CT molecular complexity index is 672. The molecule has 1 aromatic rings. The zero-order valence-corrected chi connectivity index (χ0v) is 14.6. The summed E-state index contributed by atoms with van der Waals surface area (Å²) in [7, 11) is 1.26. The predicted molar refractivity (Wildman–Crippen MR) is 95.1 cm³/mol. The summed E-state index contributed by atoms with van der Waals surface area (Å²) in [5, 5.41) is 5.25. The maximum atomic E-state index is 12.1. The van der Waals surface area contributed by atoms with E-state index in [4.69, 9.17) is 0 Å². The SMILES string of the molecule is COC(=O)CNC(=O)c1cccc(NC(=O)C=C2CCC(C)CC2)c1. The summed E-state index contributed by atoms with van der Waals surface area (Å²) >= 11 is 0. The Balaban J connectivity index is 1.94. The van der Waals surface area contributed by atoms with Crippen LogP contribution in [-0.2, 0) is 14.3 Å². The first-order valence-electron chi connectivity index (χ1n) is 8.43. The maximum Gasteiger partial charge on any atom is 0.325 e. The van der Waals surface area contributed by atoms with Crippen LogP contribution in [0.2, 0.25) is 0 Å². The van der Waals surface area contributed by atoms with Gasteiger partial charge in [-0.1, -0.05) is 18.6 Å². The predicted octanol–water partition coefficient (Wildman–Crippen LogP) is 2.66. The number of methoxy groups -OCH3 is 1. The van der Waals surface area contributed by atoms with Crippen LogP contribution in [0.3, 0.4) is 0 Å². The number of ether oxygens (including phenoxy) is 1. The molecular formula is C19H24N2O4. The molecule has 0 bridgehead atoms. The van der Waals surface area contributed by atoms with Gasteiger partial charge in [-0.3, -0.25) is 14.4 Å². The van der Waals surface area contributed by atoms with E-state index in [0.717, 1.165) is 31.6 Å². The first kappa shape index (κ1) is 18.7. The number of carbonyl (C=O) groups is 3. The molecule has 1 fully saturated rings. The summed E-state index contributed by atoms with van der Waals surface area (Å²) in [4.78, 5) is 35.2. The highest BCUT2D eigenvalue weighted by atomic mass is 16.5. The molecule has 0 heterocycles. The molecule has 1 aliphatic rings. The van der Waals surface area contributed by atoms with Crippen molar-refractivity contribution < 1.29 is 19.1 Å². The van der Waals surface area contributed by atoms with E-state index in [1.807, 2.05) is 0 Å². The largest absolute Gasteiger partial charge is 0.468 e. The molecule has 0 aromatic heterocycles. The average Bonchev–Trinajstić information content (AvgIpc) is 2.61. The quantitative estimate of drug-likeness (QED) is 0.635. The fourth-order valence-corrected chi connectivity index (χ4v) is 2.71. The number of allylic oxidation sites excluding steroid dienone is 1. The maximum absolute atomic E-state index is 12.1. The van der Waals surface area contributed by atoms with Gasteiger partial charge in [-0.25, -0.2) is 0 Å². The van der Waals surface area contributed by atoms with Crippen LogP contribution in [-0.4, -0.2) is 31.4 Å². The van der Waals surface area contributed by atoms with Gasteiger partial charge in [0.25, 0.3) is 5.91 Å². The molecule has 0 atom stereocenters. The third-order valence-electron chi connectivity index (χ3n) is 4.26. The first-order chi connectivity index (χ1) is 12.0. The lowest BCUT2D eigenvalue weighted by Crippen LogP contribution is -2.30. The van der Waals surface area contributed by atoms with E-state index < -0.39 is 11.9 Å². The van der Waals surface area contributed by atoms with Crippen molar-refractivity contribution in [2.45, 2.75) is 32.6 Å². The average molecular weight is 344 g/mol. The number of esters is 1.